The number of amides is 1. The second-order valence-corrected chi connectivity index (χ2v) is 7.23. The van der Waals surface area contributed by atoms with E-state index in [1.54, 1.807) is 18.0 Å². The molecule has 1 fully saturated rings. The van der Waals surface area contributed by atoms with Crippen LogP contribution in [0.3, 0.4) is 0 Å². The van der Waals surface area contributed by atoms with E-state index in [1.165, 1.54) is 10.6 Å². The number of carbonyl (C=O) groups excluding carboxylic acids is 1. The monoisotopic (exact) mass is 403 g/mol. The van der Waals surface area contributed by atoms with Crippen molar-refractivity contribution in [2.45, 2.75) is 19.9 Å². The number of piperazine rings is 1. The Morgan fingerprint density at radius 2 is 1.97 bits per heavy atom. The highest BCUT2D eigenvalue weighted by Crippen LogP contribution is 2.25. The molecule has 0 spiro atoms. The van der Waals surface area contributed by atoms with Gasteiger partial charge in [0.1, 0.15) is 11.6 Å². The Morgan fingerprint density at radius 3 is 2.72 bits per heavy atom. The zero-order valence-electron chi connectivity index (χ0n) is 16.0. The second-order valence-electron chi connectivity index (χ2n) is 7.23. The lowest BCUT2D eigenvalue weighted by atomic mass is 10.1. The van der Waals surface area contributed by atoms with Gasteiger partial charge in [0.15, 0.2) is 11.5 Å². The molecule has 152 valence electrons. The first kappa shape index (κ1) is 19.3. The fourth-order valence-electron chi connectivity index (χ4n) is 3.55. The molecule has 29 heavy (non-hydrogen) atoms. The number of aryl methyl sites for hydroxylation is 1. The molecule has 1 atom stereocenters. The van der Waals surface area contributed by atoms with E-state index in [0.29, 0.717) is 25.3 Å². The molecule has 2 aromatic heterocycles. The molecule has 1 amide bonds. The topological polar surface area (TPSA) is 61.7 Å². The van der Waals surface area contributed by atoms with Crippen molar-refractivity contribution in [2.24, 2.45) is 0 Å². The van der Waals surface area contributed by atoms with Crippen LogP contribution in [0.25, 0.3) is 5.65 Å². The SMILES string of the molecule is Cc1cn2cc(NC(=O)c3cc(F)c(N4CCNC(C)C4)cc3F)cc(F)c2n1. The summed E-state index contributed by atoms with van der Waals surface area (Å²) in [5.41, 5.74) is 0.508. The van der Waals surface area contributed by atoms with Gasteiger partial charge in [0.05, 0.1) is 22.6 Å². The number of anilines is 2. The molecule has 1 saturated heterocycles. The molecule has 4 rings (SSSR count). The number of carbonyl (C=O) groups is 1. The van der Waals surface area contributed by atoms with Crippen molar-refractivity contribution in [1.29, 1.82) is 0 Å². The average Bonchev–Trinajstić information content (AvgIpc) is 3.04. The van der Waals surface area contributed by atoms with Gasteiger partial charge in [-0.15, -0.1) is 0 Å². The number of nitrogens with one attached hydrogen (secondary N) is 2. The molecule has 1 aliphatic heterocycles. The molecule has 3 heterocycles. The molecule has 9 heteroatoms. The van der Waals surface area contributed by atoms with Crippen LogP contribution in [0.15, 0.2) is 30.6 Å². The molecule has 1 aromatic carbocycles. The molecule has 6 nitrogen and oxygen atoms in total. The summed E-state index contributed by atoms with van der Waals surface area (Å²) < 4.78 is 44.8. The summed E-state index contributed by atoms with van der Waals surface area (Å²) in [6, 6.07) is 3.14. The van der Waals surface area contributed by atoms with Gasteiger partial charge < -0.3 is 19.9 Å². The highest BCUT2D eigenvalue weighted by molar-refractivity contribution is 6.04. The third-order valence-electron chi connectivity index (χ3n) is 4.88. The lowest BCUT2D eigenvalue weighted by Crippen LogP contribution is -2.49. The van der Waals surface area contributed by atoms with Crippen LogP contribution in [0.2, 0.25) is 0 Å². The number of aromatic nitrogens is 2. The van der Waals surface area contributed by atoms with Gasteiger partial charge >= 0.3 is 0 Å². The first-order valence-corrected chi connectivity index (χ1v) is 9.25. The van der Waals surface area contributed by atoms with Crippen LogP contribution in [0.5, 0.6) is 0 Å². The minimum Gasteiger partial charge on any atom is -0.366 e. The van der Waals surface area contributed by atoms with Gasteiger partial charge in [0, 0.05) is 50.2 Å². The number of rotatable bonds is 3. The van der Waals surface area contributed by atoms with Gasteiger partial charge in [-0.1, -0.05) is 0 Å². The zero-order chi connectivity index (χ0) is 20.7. The quantitative estimate of drug-likeness (QED) is 0.706. The number of fused-ring (bicyclic) bond motifs is 1. The third-order valence-corrected chi connectivity index (χ3v) is 4.88. The van der Waals surface area contributed by atoms with Crippen LogP contribution in [-0.2, 0) is 0 Å². The molecule has 1 aliphatic rings. The number of pyridine rings is 1. The molecular formula is C20H20F3N5O. The molecular weight excluding hydrogens is 383 g/mol. The Morgan fingerprint density at radius 1 is 1.17 bits per heavy atom. The number of imidazole rings is 1. The summed E-state index contributed by atoms with van der Waals surface area (Å²) in [6.45, 7) is 5.40. The van der Waals surface area contributed by atoms with E-state index in [0.717, 1.165) is 18.2 Å². The van der Waals surface area contributed by atoms with E-state index < -0.39 is 28.9 Å². The largest absolute Gasteiger partial charge is 0.366 e. The summed E-state index contributed by atoms with van der Waals surface area (Å²) in [5, 5.41) is 5.65. The van der Waals surface area contributed by atoms with Gasteiger partial charge in [-0.2, -0.15) is 0 Å². The molecule has 0 bridgehead atoms. The van der Waals surface area contributed by atoms with E-state index in [-0.39, 0.29) is 23.1 Å². The number of hydrogen-bond acceptors (Lipinski definition) is 4. The number of benzene rings is 1. The summed E-state index contributed by atoms with van der Waals surface area (Å²) in [7, 11) is 0. The normalized spacial score (nSPS) is 17.0. The van der Waals surface area contributed by atoms with E-state index in [9.17, 15) is 18.0 Å². The Kier molecular flexibility index (Phi) is 4.91. The van der Waals surface area contributed by atoms with Crippen LogP contribution in [0.4, 0.5) is 24.5 Å². The Hall–Kier alpha value is -3.07. The summed E-state index contributed by atoms with van der Waals surface area (Å²) in [4.78, 5) is 18.3. The zero-order valence-corrected chi connectivity index (χ0v) is 16.0. The second kappa shape index (κ2) is 7.40. The van der Waals surface area contributed by atoms with Crippen molar-refractivity contribution in [2.75, 3.05) is 29.9 Å². The molecule has 2 N–H and O–H groups in total. The van der Waals surface area contributed by atoms with Crippen LogP contribution in [-0.4, -0.2) is 41.0 Å². The Labute approximate surface area is 165 Å². The molecule has 1 unspecified atom stereocenters. The predicted octanol–water partition coefficient (Wildman–Crippen LogP) is 3.11. The van der Waals surface area contributed by atoms with Crippen molar-refractivity contribution in [1.82, 2.24) is 14.7 Å². The van der Waals surface area contributed by atoms with Crippen LogP contribution >= 0.6 is 0 Å². The minimum absolute atomic E-state index is 0.109. The summed E-state index contributed by atoms with van der Waals surface area (Å²) >= 11 is 0. The first-order chi connectivity index (χ1) is 13.8. The van der Waals surface area contributed by atoms with Gasteiger partial charge in [-0.05, 0) is 19.9 Å². The lowest BCUT2D eigenvalue weighted by Gasteiger charge is -2.33. The first-order valence-electron chi connectivity index (χ1n) is 9.25. The molecule has 0 aliphatic carbocycles. The van der Waals surface area contributed by atoms with Gasteiger partial charge in [-0.25, -0.2) is 18.2 Å². The molecule has 3 aromatic rings. The van der Waals surface area contributed by atoms with Crippen molar-refractivity contribution < 1.29 is 18.0 Å². The van der Waals surface area contributed by atoms with E-state index in [2.05, 4.69) is 15.6 Å². The van der Waals surface area contributed by atoms with E-state index >= 15 is 0 Å². The van der Waals surface area contributed by atoms with Crippen molar-refractivity contribution in [3.63, 3.8) is 0 Å². The Bertz CT molecular complexity index is 1100. The van der Waals surface area contributed by atoms with Crippen LogP contribution in [0.1, 0.15) is 23.0 Å². The maximum absolute atomic E-state index is 14.6. The summed E-state index contributed by atoms with van der Waals surface area (Å²) in [5.74, 6) is -3.02. The maximum atomic E-state index is 14.6. The maximum Gasteiger partial charge on any atom is 0.258 e. The van der Waals surface area contributed by atoms with Crippen molar-refractivity contribution >= 4 is 22.9 Å². The Balaban J connectivity index is 1.59. The number of nitrogens with zero attached hydrogens (tertiary/aromatic N) is 3. The van der Waals surface area contributed by atoms with Gasteiger partial charge in [0.25, 0.3) is 5.91 Å². The van der Waals surface area contributed by atoms with Crippen molar-refractivity contribution in [3.05, 3.63) is 59.3 Å². The van der Waals surface area contributed by atoms with Gasteiger partial charge in [0.2, 0.25) is 0 Å². The van der Waals surface area contributed by atoms with Crippen molar-refractivity contribution in [3.8, 4) is 0 Å². The average molecular weight is 403 g/mol. The predicted molar refractivity (Wildman–Crippen MR) is 104 cm³/mol. The highest BCUT2D eigenvalue weighted by Gasteiger charge is 2.23. The fraction of sp³-hybridized carbons (Fsp3) is 0.300. The highest BCUT2D eigenvalue weighted by atomic mass is 19.1. The van der Waals surface area contributed by atoms with Crippen LogP contribution in [0, 0.1) is 24.4 Å². The third kappa shape index (κ3) is 3.77. The molecule has 0 radical (unpaired) electrons. The standard InChI is InChI=1S/C20H20F3N5O/c1-11-8-27(4-3-24-11)18-7-15(21)14(6-16(18)22)20(29)26-13-5-17(23)19-25-12(2)9-28(19)10-13/h5-7,9-11,24H,3-4,8H2,1-2H3,(H,26,29). The van der Waals surface area contributed by atoms with E-state index in [1.807, 2.05) is 6.92 Å². The van der Waals surface area contributed by atoms with Crippen LogP contribution < -0.4 is 15.5 Å². The van der Waals surface area contributed by atoms with E-state index in [4.69, 9.17) is 0 Å². The summed E-state index contributed by atoms with van der Waals surface area (Å²) in [6.07, 6.45) is 3.05. The smallest absolute Gasteiger partial charge is 0.258 e. The van der Waals surface area contributed by atoms with Gasteiger partial charge in [-0.3, -0.25) is 4.79 Å². The number of hydrogen-bond donors (Lipinski definition) is 2. The molecule has 0 saturated carbocycles. The lowest BCUT2D eigenvalue weighted by molar-refractivity contribution is 0.102. The minimum atomic E-state index is -0.864. The fourth-order valence-corrected chi connectivity index (χ4v) is 3.55. The number of halogens is 3.